The molecule has 38 heavy (non-hydrogen) atoms. The van der Waals surface area contributed by atoms with Gasteiger partial charge in [0.15, 0.2) is 0 Å². The quantitative estimate of drug-likeness (QED) is 0.492. The molecule has 1 fully saturated rings. The molecule has 0 bridgehead atoms. The molecule has 200 valence electrons. The SMILES string of the molecule is CC.O=C(N[C@H](Cc1ccc(Cl)cc1)C(=O)N1CCN(c2ccccc2)CC1)C1Cc2ccccc2CN1. The fourth-order valence-corrected chi connectivity index (χ4v) is 5.14. The fraction of sp³-hybridized carbons (Fsp3) is 0.355. The van der Waals surface area contributed by atoms with Gasteiger partial charge in [0.1, 0.15) is 6.04 Å². The van der Waals surface area contributed by atoms with Crippen molar-refractivity contribution in [2.45, 2.75) is 45.3 Å². The number of amides is 2. The van der Waals surface area contributed by atoms with Gasteiger partial charge in [-0.1, -0.05) is 80.0 Å². The maximum absolute atomic E-state index is 13.7. The molecule has 0 aliphatic carbocycles. The lowest BCUT2D eigenvalue weighted by molar-refractivity contribution is -0.137. The van der Waals surface area contributed by atoms with E-state index in [2.05, 4.69) is 39.8 Å². The molecule has 1 unspecified atom stereocenters. The number of carbonyl (C=O) groups is 2. The zero-order valence-corrected chi connectivity index (χ0v) is 23.0. The topological polar surface area (TPSA) is 64.7 Å². The number of hydrogen-bond donors (Lipinski definition) is 2. The number of benzene rings is 3. The number of rotatable bonds is 6. The predicted molar refractivity (Wildman–Crippen MR) is 154 cm³/mol. The lowest BCUT2D eigenvalue weighted by atomic mass is 9.95. The van der Waals surface area contributed by atoms with E-state index in [1.807, 2.05) is 73.3 Å². The molecule has 7 heteroatoms. The van der Waals surface area contributed by atoms with E-state index < -0.39 is 6.04 Å². The van der Waals surface area contributed by atoms with Crippen molar-refractivity contribution in [1.82, 2.24) is 15.5 Å². The first-order valence-corrected chi connectivity index (χ1v) is 13.9. The van der Waals surface area contributed by atoms with Gasteiger partial charge >= 0.3 is 0 Å². The van der Waals surface area contributed by atoms with Crippen molar-refractivity contribution in [3.63, 3.8) is 0 Å². The number of nitrogens with one attached hydrogen (secondary N) is 2. The molecule has 2 heterocycles. The summed E-state index contributed by atoms with van der Waals surface area (Å²) in [7, 11) is 0. The standard InChI is InChI=1S/C29H31ClN4O2.C2H6/c30-24-12-10-21(11-13-24)18-27(32-28(35)26-19-22-6-4-5-7-23(22)20-31-26)29(36)34-16-14-33(15-17-34)25-8-2-1-3-9-25;1-2/h1-13,26-27,31H,14-20H2,(H,32,35);1-2H3/t26?,27-;/m1./s1. The Balaban J connectivity index is 0.00000164. The monoisotopic (exact) mass is 532 g/mol. The molecule has 1 saturated heterocycles. The Morgan fingerprint density at radius 3 is 2.21 bits per heavy atom. The highest BCUT2D eigenvalue weighted by molar-refractivity contribution is 6.30. The third-order valence-corrected chi connectivity index (χ3v) is 7.33. The van der Waals surface area contributed by atoms with Crippen LogP contribution in [0.1, 0.15) is 30.5 Å². The second-order valence-electron chi connectivity index (χ2n) is 9.45. The Morgan fingerprint density at radius 1 is 0.895 bits per heavy atom. The number of para-hydroxylation sites is 1. The number of fused-ring (bicyclic) bond motifs is 1. The molecule has 5 rings (SSSR count). The van der Waals surface area contributed by atoms with Crippen molar-refractivity contribution in [3.05, 3.63) is 101 Å². The van der Waals surface area contributed by atoms with E-state index in [1.54, 1.807) is 0 Å². The molecule has 3 aromatic rings. The van der Waals surface area contributed by atoms with Crippen LogP contribution in [-0.2, 0) is 29.0 Å². The first kappa shape index (κ1) is 27.7. The number of hydrogen-bond acceptors (Lipinski definition) is 4. The Morgan fingerprint density at radius 2 is 1.53 bits per heavy atom. The molecule has 2 aliphatic rings. The molecule has 2 aliphatic heterocycles. The van der Waals surface area contributed by atoms with E-state index in [9.17, 15) is 9.59 Å². The van der Waals surface area contributed by atoms with Crippen LogP contribution in [0.4, 0.5) is 5.69 Å². The zero-order chi connectivity index (χ0) is 26.9. The van der Waals surface area contributed by atoms with E-state index in [4.69, 9.17) is 11.6 Å². The van der Waals surface area contributed by atoms with Gasteiger partial charge in [0.05, 0.1) is 6.04 Å². The number of piperazine rings is 1. The summed E-state index contributed by atoms with van der Waals surface area (Å²) in [6.07, 6.45) is 1.03. The average Bonchev–Trinajstić information content (AvgIpc) is 2.99. The van der Waals surface area contributed by atoms with Gasteiger partial charge in [0.25, 0.3) is 0 Å². The van der Waals surface area contributed by atoms with Crippen molar-refractivity contribution in [2.75, 3.05) is 31.1 Å². The summed E-state index contributed by atoms with van der Waals surface area (Å²) in [4.78, 5) is 31.2. The van der Waals surface area contributed by atoms with Gasteiger partial charge in [0, 0.05) is 49.9 Å². The Labute approximate surface area is 231 Å². The minimum Gasteiger partial charge on any atom is -0.368 e. The highest BCUT2D eigenvalue weighted by Crippen LogP contribution is 2.19. The molecule has 0 radical (unpaired) electrons. The minimum atomic E-state index is -0.638. The third-order valence-electron chi connectivity index (χ3n) is 7.08. The molecular formula is C31H37ClN4O2. The first-order chi connectivity index (χ1) is 18.6. The molecule has 3 aromatic carbocycles. The summed E-state index contributed by atoms with van der Waals surface area (Å²) in [5.41, 5.74) is 4.52. The van der Waals surface area contributed by atoms with Crippen LogP contribution >= 0.6 is 11.6 Å². The van der Waals surface area contributed by atoms with Crippen LogP contribution < -0.4 is 15.5 Å². The highest BCUT2D eigenvalue weighted by atomic mass is 35.5. The Kier molecular flexibility index (Phi) is 9.79. The summed E-state index contributed by atoms with van der Waals surface area (Å²) in [6, 6.07) is 24.9. The Hall–Kier alpha value is -3.35. The van der Waals surface area contributed by atoms with E-state index in [0.29, 0.717) is 37.5 Å². The van der Waals surface area contributed by atoms with Crippen LogP contribution in [0, 0.1) is 0 Å². The summed E-state index contributed by atoms with van der Waals surface area (Å²) < 4.78 is 0. The van der Waals surface area contributed by atoms with Gasteiger partial charge in [-0.05, 0) is 47.4 Å². The molecule has 0 spiro atoms. The van der Waals surface area contributed by atoms with E-state index in [1.165, 1.54) is 16.8 Å². The van der Waals surface area contributed by atoms with Crippen LogP contribution in [0.25, 0.3) is 0 Å². The Bertz CT molecular complexity index is 1190. The van der Waals surface area contributed by atoms with Crippen molar-refractivity contribution in [3.8, 4) is 0 Å². The van der Waals surface area contributed by atoms with Crippen molar-refractivity contribution >= 4 is 29.1 Å². The van der Waals surface area contributed by atoms with Crippen molar-refractivity contribution in [2.24, 2.45) is 0 Å². The summed E-state index contributed by atoms with van der Waals surface area (Å²) in [5, 5.41) is 7.06. The van der Waals surface area contributed by atoms with Crippen molar-refractivity contribution in [1.29, 1.82) is 0 Å². The second kappa shape index (κ2) is 13.4. The molecule has 2 atom stereocenters. The first-order valence-electron chi connectivity index (χ1n) is 13.5. The molecule has 6 nitrogen and oxygen atoms in total. The molecule has 2 N–H and O–H groups in total. The van der Waals surface area contributed by atoms with Gasteiger partial charge in [-0.3, -0.25) is 9.59 Å². The number of anilines is 1. The number of nitrogens with zero attached hydrogens (tertiary/aromatic N) is 2. The molecule has 0 aromatic heterocycles. The summed E-state index contributed by atoms with van der Waals surface area (Å²) in [6.45, 7) is 7.41. The lowest BCUT2D eigenvalue weighted by Gasteiger charge is -2.38. The van der Waals surface area contributed by atoms with Gasteiger partial charge in [-0.25, -0.2) is 0 Å². The predicted octanol–water partition coefficient (Wildman–Crippen LogP) is 4.46. The van der Waals surface area contributed by atoms with E-state index in [0.717, 1.165) is 18.7 Å². The highest BCUT2D eigenvalue weighted by Gasteiger charge is 2.32. The molecular weight excluding hydrogens is 496 g/mol. The van der Waals surface area contributed by atoms with Crippen LogP contribution in [0.2, 0.25) is 5.02 Å². The van der Waals surface area contributed by atoms with E-state index >= 15 is 0 Å². The van der Waals surface area contributed by atoms with E-state index in [-0.39, 0.29) is 17.9 Å². The molecule has 0 saturated carbocycles. The number of carbonyl (C=O) groups excluding carboxylic acids is 2. The van der Waals surface area contributed by atoms with Gasteiger partial charge in [-0.2, -0.15) is 0 Å². The van der Waals surface area contributed by atoms with Gasteiger partial charge in [-0.15, -0.1) is 0 Å². The maximum atomic E-state index is 13.7. The largest absolute Gasteiger partial charge is 0.368 e. The fourth-order valence-electron chi connectivity index (χ4n) is 5.01. The molecule has 2 amide bonds. The van der Waals surface area contributed by atoms with Crippen LogP contribution in [0.15, 0.2) is 78.9 Å². The van der Waals surface area contributed by atoms with Gasteiger partial charge < -0.3 is 20.4 Å². The van der Waals surface area contributed by atoms with Crippen LogP contribution in [0.3, 0.4) is 0 Å². The third kappa shape index (κ3) is 6.94. The lowest BCUT2D eigenvalue weighted by Crippen LogP contribution is -2.58. The normalized spacial score (nSPS) is 17.5. The summed E-state index contributed by atoms with van der Waals surface area (Å²) in [5.74, 6) is -0.179. The minimum absolute atomic E-state index is 0.0396. The smallest absolute Gasteiger partial charge is 0.245 e. The zero-order valence-electron chi connectivity index (χ0n) is 22.2. The summed E-state index contributed by atoms with van der Waals surface area (Å²) >= 11 is 6.07. The average molecular weight is 533 g/mol. The van der Waals surface area contributed by atoms with Crippen molar-refractivity contribution < 1.29 is 9.59 Å². The number of halogens is 1. The second-order valence-corrected chi connectivity index (χ2v) is 9.88. The van der Waals surface area contributed by atoms with Crippen LogP contribution in [-0.4, -0.2) is 55.0 Å². The maximum Gasteiger partial charge on any atom is 0.245 e. The van der Waals surface area contributed by atoms with Gasteiger partial charge in [0.2, 0.25) is 11.8 Å². The van der Waals surface area contributed by atoms with Crippen LogP contribution in [0.5, 0.6) is 0 Å².